The van der Waals surface area contributed by atoms with Crippen molar-refractivity contribution in [3.63, 3.8) is 0 Å². The fraction of sp³-hybridized carbons (Fsp3) is 0.269. The Kier molecular flexibility index (Phi) is 6.70. The number of carboxylic acids is 1. The van der Waals surface area contributed by atoms with Crippen molar-refractivity contribution in [1.82, 2.24) is 0 Å². The summed E-state index contributed by atoms with van der Waals surface area (Å²) in [7, 11) is -3.90. The Morgan fingerprint density at radius 3 is 2.33 bits per heavy atom. The summed E-state index contributed by atoms with van der Waals surface area (Å²) in [5, 5.41) is 9.76. The molecule has 172 valence electrons. The van der Waals surface area contributed by atoms with E-state index in [1.807, 2.05) is 6.07 Å². The van der Waals surface area contributed by atoms with Gasteiger partial charge >= 0.3 is 5.97 Å². The number of nitrogens with one attached hydrogen (secondary N) is 1. The number of hydrogen-bond donors (Lipinski definition) is 2. The average Bonchev–Trinajstić information content (AvgIpc) is 2.80. The highest BCUT2D eigenvalue weighted by atomic mass is 32.2. The van der Waals surface area contributed by atoms with E-state index in [-0.39, 0.29) is 16.1 Å². The number of sulfonamides is 1. The van der Waals surface area contributed by atoms with Crippen LogP contribution in [0.3, 0.4) is 0 Å². The van der Waals surface area contributed by atoms with Gasteiger partial charge in [-0.3, -0.25) is 4.72 Å². The summed E-state index contributed by atoms with van der Waals surface area (Å²) in [6, 6.07) is 22.0. The van der Waals surface area contributed by atoms with E-state index in [9.17, 15) is 18.3 Å². The van der Waals surface area contributed by atoms with Crippen LogP contribution in [0.15, 0.2) is 77.7 Å². The van der Waals surface area contributed by atoms with Crippen molar-refractivity contribution in [2.24, 2.45) is 5.92 Å². The van der Waals surface area contributed by atoms with E-state index in [2.05, 4.69) is 33.9 Å². The van der Waals surface area contributed by atoms with Crippen LogP contribution in [-0.4, -0.2) is 32.6 Å². The van der Waals surface area contributed by atoms with Crippen LogP contribution < -0.4 is 9.62 Å². The lowest BCUT2D eigenvalue weighted by atomic mass is 9.90. The molecule has 1 heterocycles. The topological polar surface area (TPSA) is 86.7 Å². The third-order valence-electron chi connectivity index (χ3n) is 6.21. The molecule has 1 aliphatic heterocycles. The number of anilines is 2. The molecule has 0 spiro atoms. The molecule has 0 atom stereocenters. The molecule has 3 aromatic rings. The van der Waals surface area contributed by atoms with E-state index in [4.69, 9.17) is 0 Å². The Morgan fingerprint density at radius 1 is 1.00 bits per heavy atom. The van der Waals surface area contributed by atoms with Crippen molar-refractivity contribution in [3.05, 3.63) is 89.5 Å². The number of aromatic carboxylic acids is 1. The highest BCUT2D eigenvalue weighted by Crippen LogP contribution is 2.30. The van der Waals surface area contributed by atoms with Crippen molar-refractivity contribution in [1.29, 1.82) is 0 Å². The smallest absolute Gasteiger partial charge is 0.337 e. The maximum Gasteiger partial charge on any atom is 0.337 e. The van der Waals surface area contributed by atoms with Crippen LogP contribution in [0.1, 0.15) is 34.3 Å². The number of hydrogen-bond acceptors (Lipinski definition) is 4. The molecule has 0 bridgehead atoms. The third kappa shape index (κ3) is 5.37. The van der Waals surface area contributed by atoms with E-state index in [1.54, 1.807) is 43.3 Å². The number of carbonyl (C=O) groups is 1. The van der Waals surface area contributed by atoms with E-state index in [0.717, 1.165) is 38.0 Å². The second kappa shape index (κ2) is 9.67. The quantitative estimate of drug-likeness (QED) is 0.516. The highest BCUT2D eigenvalue weighted by Gasteiger charge is 2.23. The second-order valence-corrected chi connectivity index (χ2v) is 10.2. The standard InChI is InChI=1S/C26H28N2O4S/c1-19-7-5-6-10-25(19)33(31,32)27-24-12-11-22(18-23(24)26(29)30)28-15-13-21(14-16-28)17-20-8-3-2-4-9-20/h2-12,18,21,27H,13-17H2,1H3,(H,29,30). The molecule has 0 aromatic heterocycles. The largest absolute Gasteiger partial charge is 0.478 e. The number of piperidine rings is 1. The van der Waals surface area contributed by atoms with Crippen LogP contribution in [0.2, 0.25) is 0 Å². The summed E-state index contributed by atoms with van der Waals surface area (Å²) in [4.78, 5) is 14.3. The van der Waals surface area contributed by atoms with Gasteiger partial charge in [-0.1, -0.05) is 48.5 Å². The molecule has 1 fully saturated rings. The monoisotopic (exact) mass is 464 g/mol. The van der Waals surface area contributed by atoms with Crippen LogP contribution >= 0.6 is 0 Å². The molecule has 6 nitrogen and oxygen atoms in total. The molecule has 0 radical (unpaired) electrons. The molecule has 1 aliphatic rings. The van der Waals surface area contributed by atoms with Gasteiger partial charge in [-0.15, -0.1) is 0 Å². The number of carboxylic acid groups (broad SMARTS) is 1. The summed E-state index contributed by atoms with van der Waals surface area (Å²) >= 11 is 0. The first-order chi connectivity index (χ1) is 15.8. The average molecular weight is 465 g/mol. The number of nitrogens with zero attached hydrogens (tertiary/aromatic N) is 1. The first-order valence-corrected chi connectivity index (χ1v) is 12.6. The van der Waals surface area contributed by atoms with E-state index in [0.29, 0.717) is 11.5 Å². The zero-order valence-corrected chi connectivity index (χ0v) is 19.4. The Balaban J connectivity index is 1.49. The molecule has 0 aliphatic carbocycles. The molecular weight excluding hydrogens is 436 g/mol. The fourth-order valence-electron chi connectivity index (χ4n) is 4.40. The lowest BCUT2D eigenvalue weighted by Crippen LogP contribution is -2.34. The summed E-state index contributed by atoms with van der Waals surface area (Å²) in [5.74, 6) is -0.568. The minimum absolute atomic E-state index is 0.0592. The molecule has 0 unspecified atom stereocenters. The van der Waals surface area contributed by atoms with E-state index < -0.39 is 16.0 Å². The van der Waals surface area contributed by atoms with Gasteiger partial charge in [0, 0.05) is 18.8 Å². The first-order valence-electron chi connectivity index (χ1n) is 11.1. The second-order valence-electron chi connectivity index (χ2n) is 8.53. The van der Waals surface area contributed by atoms with Gasteiger partial charge in [0.05, 0.1) is 16.1 Å². The zero-order chi connectivity index (χ0) is 23.4. The molecule has 33 heavy (non-hydrogen) atoms. The van der Waals surface area contributed by atoms with Crippen LogP contribution in [0, 0.1) is 12.8 Å². The number of rotatable bonds is 7. The van der Waals surface area contributed by atoms with Crippen LogP contribution in [0.25, 0.3) is 0 Å². The minimum atomic E-state index is -3.90. The van der Waals surface area contributed by atoms with Crippen molar-refractivity contribution < 1.29 is 18.3 Å². The van der Waals surface area contributed by atoms with E-state index in [1.165, 1.54) is 11.6 Å². The maximum atomic E-state index is 12.9. The normalized spacial score (nSPS) is 14.8. The number of aryl methyl sites for hydroxylation is 1. The zero-order valence-electron chi connectivity index (χ0n) is 18.6. The lowest BCUT2D eigenvalue weighted by Gasteiger charge is -2.34. The predicted molar refractivity (Wildman–Crippen MR) is 130 cm³/mol. The van der Waals surface area contributed by atoms with Gasteiger partial charge < -0.3 is 10.0 Å². The van der Waals surface area contributed by atoms with Crippen molar-refractivity contribution >= 4 is 27.4 Å². The van der Waals surface area contributed by atoms with Gasteiger partial charge in [0.2, 0.25) is 0 Å². The van der Waals surface area contributed by atoms with E-state index >= 15 is 0 Å². The van der Waals surface area contributed by atoms with Gasteiger partial charge in [-0.05, 0) is 67.5 Å². The molecule has 7 heteroatoms. The van der Waals surface area contributed by atoms with Crippen LogP contribution in [0.4, 0.5) is 11.4 Å². The predicted octanol–water partition coefficient (Wildman–Crippen LogP) is 4.95. The SMILES string of the molecule is Cc1ccccc1S(=O)(=O)Nc1ccc(N2CCC(Cc3ccccc3)CC2)cc1C(=O)O. The van der Waals surface area contributed by atoms with Crippen molar-refractivity contribution in [3.8, 4) is 0 Å². The summed E-state index contributed by atoms with van der Waals surface area (Å²) in [5.41, 5.74) is 2.74. The van der Waals surface area contributed by atoms with Gasteiger partial charge in [0.15, 0.2) is 0 Å². The third-order valence-corrected chi connectivity index (χ3v) is 7.73. The minimum Gasteiger partial charge on any atom is -0.478 e. The summed E-state index contributed by atoms with van der Waals surface area (Å²) < 4.78 is 28.2. The Morgan fingerprint density at radius 2 is 1.67 bits per heavy atom. The van der Waals surface area contributed by atoms with Crippen molar-refractivity contribution in [2.45, 2.75) is 31.1 Å². The molecule has 0 saturated carbocycles. The molecule has 3 aromatic carbocycles. The van der Waals surface area contributed by atoms with Gasteiger partial charge in [0.1, 0.15) is 0 Å². The van der Waals surface area contributed by atoms with Gasteiger partial charge in [0.25, 0.3) is 10.0 Å². The Bertz CT molecular complexity index is 1230. The van der Waals surface area contributed by atoms with Crippen molar-refractivity contribution in [2.75, 3.05) is 22.7 Å². The fourth-order valence-corrected chi connectivity index (χ4v) is 5.72. The molecule has 1 saturated heterocycles. The molecule has 2 N–H and O–H groups in total. The molecule has 4 rings (SSSR count). The summed E-state index contributed by atoms with van der Waals surface area (Å²) in [6.45, 7) is 3.38. The molecule has 0 amide bonds. The van der Waals surface area contributed by atoms with Crippen LogP contribution in [-0.2, 0) is 16.4 Å². The Labute approximate surface area is 194 Å². The van der Waals surface area contributed by atoms with Crippen LogP contribution in [0.5, 0.6) is 0 Å². The number of benzene rings is 3. The maximum absolute atomic E-state index is 12.9. The van der Waals surface area contributed by atoms with Gasteiger partial charge in [-0.25, -0.2) is 13.2 Å². The molecular formula is C26H28N2O4S. The lowest BCUT2D eigenvalue weighted by molar-refractivity contribution is 0.0698. The Hall–Kier alpha value is -3.32. The summed E-state index contributed by atoms with van der Waals surface area (Å²) in [6.07, 6.45) is 3.10. The first kappa shape index (κ1) is 22.9. The highest BCUT2D eigenvalue weighted by molar-refractivity contribution is 7.92. The van der Waals surface area contributed by atoms with Gasteiger partial charge in [-0.2, -0.15) is 0 Å².